The lowest BCUT2D eigenvalue weighted by molar-refractivity contribution is 0.343. The van der Waals surface area contributed by atoms with Gasteiger partial charge in [0.25, 0.3) is 5.56 Å². The number of rotatable bonds is 9. The van der Waals surface area contributed by atoms with Crippen molar-refractivity contribution in [2.75, 3.05) is 25.0 Å². The van der Waals surface area contributed by atoms with E-state index in [-0.39, 0.29) is 5.56 Å². The van der Waals surface area contributed by atoms with Crippen molar-refractivity contribution < 1.29 is 0 Å². The van der Waals surface area contributed by atoms with Crippen LogP contribution in [0.1, 0.15) is 43.2 Å². The molecule has 33 heavy (non-hydrogen) atoms. The van der Waals surface area contributed by atoms with Crippen molar-refractivity contribution in [1.82, 2.24) is 25.3 Å². The zero-order chi connectivity index (χ0) is 22.5. The van der Waals surface area contributed by atoms with Gasteiger partial charge in [0.05, 0.1) is 28.3 Å². The van der Waals surface area contributed by atoms with Crippen LogP contribution in [0.2, 0.25) is 0 Å². The predicted octanol–water partition coefficient (Wildman–Crippen LogP) is 4.17. The van der Waals surface area contributed by atoms with Crippen LogP contribution in [0.15, 0.2) is 47.5 Å². The molecule has 2 aromatic carbocycles. The van der Waals surface area contributed by atoms with Crippen molar-refractivity contribution >= 4 is 27.9 Å². The molecule has 2 heterocycles. The van der Waals surface area contributed by atoms with E-state index in [1.807, 2.05) is 12.1 Å². The van der Waals surface area contributed by atoms with E-state index in [0.29, 0.717) is 5.39 Å². The number of aromatic amines is 2. The molecule has 4 aromatic rings. The minimum Gasteiger partial charge on any atom is -0.355 e. The first kappa shape index (κ1) is 21.6. The van der Waals surface area contributed by atoms with Gasteiger partial charge in [0, 0.05) is 12.1 Å². The van der Waals surface area contributed by atoms with Crippen LogP contribution in [0, 0.1) is 5.92 Å². The van der Waals surface area contributed by atoms with Crippen LogP contribution in [0.5, 0.6) is 0 Å². The van der Waals surface area contributed by atoms with Gasteiger partial charge in [0.15, 0.2) is 0 Å². The first-order valence-corrected chi connectivity index (χ1v) is 12.2. The second-order valence-electron chi connectivity index (χ2n) is 9.09. The molecule has 0 spiro atoms. The summed E-state index contributed by atoms with van der Waals surface area (Å²) in [6, 6.07) is 12.3. The molecule has 5 rings (SSSR count). The molecule has 7 heteroatoms. The fourth-order valence-corrected chi connectivity index (χ4v) is 4.96. The van der Waals surface area contributed by atoms with E-state index in [0.717, 1.165) is 66.5 Å². The highest BCUT2D eigenvalue weighted by Crippen LogP contribution is 2.26. The van der Waals surface area contributed by atoms with E-state index < -0.39 is 0 Å². The van der Waals surface area contributed by atoms with Gasteiger partial charge in [0.1, 0.15) is 0 Å². The summed E-state index contributed by atoms with van der Waals surface area (Å²) in [4.78, 5) is 27.9. The number of hydrogen-bond donors (Lipinski definition) is 4. The Hall–Kier alpha value is -3.19. The summed E-state index contributed by atoms with van der Waals surface area (Å²) >= 11 is 0. The highest BCUT2D eigenvalue weighted by molar-refractivity contribution is 5.97. The van der Waals surface area contributed by atoms with Gasteiger partial charge in [-0.15, -0.1) is 0 Å². The zero-order valence-electron chi connectivity index (χ0n) is 19.0. The molecule has 4 N–H and O–H groups in total. The average molecular weight is 445 g/mol. The van der Waals surface area contributed by atoms with Crippen molar-refractivity contribution in [3.8, 4) is 0 Å². The van der Waals surface area contributed by atoms with Crippen molar-refractivity contribution in [2.24, 2.45) is 5.92 Å². The number of H-pyrrole nitrogens is 2. The normalized spacial score (nSPS) is 14.8. The highest BCUT2D eigenvalue weighted by atomic mass is 16.1. The summed E-state index contributed by atoms with van der Waals surface area (Å²) in [5.74, 6) is 1.52. The second-order valence-corrected chi connectivity index (χ2v) is 9.09. The molecule has 7 nitrogen and oxygen atoms in total. The zero-order valence-corrected chi connectivity index (χ0v) is 19.0. The number of benzene rings is 2. The molecule has 2 aromatic heterocycles. The quantitative estimate of drug-likeness (QED) is 0.291. The van der Waals surface area contributed by atoms with Gasteiger partial charge in [0.2, 0.25) is 5.95 Å². The lowest BCUT2D eigenvalue weighted by Gasteiger charge is -2.21. The molecular weight excluding hydrogens is 412 g/mol. The Morgan fingerprint density at radius 1 is 1.00 bits per heavy atom. The van der Waals surface area contributed by atoms with Crippen molar-refractivity contribution in [3.05, 3.63) is 64.2 Å². The van der Waals surface area contributed by atoms with Gasteiger partial charge in [-0.25, -0.2) is 9.97 Å². The van der Waals surface area contributed by atoms with Gasteiger partial charge in [-0.3, -0.25) is 4.79 Å². The van der Waals surface area contributed by atoms with Crippen LogP contribution >= 0.6 is 0 Å². The Labute approximate surface area is 193 Å². The number of imidazole rings is 1. The first-order chi connectivity index (χ1) is 16.3. The maximum absolute atomic E-state index is 12.5. The third-order valence-electron chi connectivity index (χ3n) is 6.74. The standard InChI is InChI=1S/C26H32N6O/c33-25-21-15-22-24(32-26(31-22)28-14-11-18-7-3-1-4-8-18)20(23(21)29-17-30-25)12-13-27-16-19-9-5-2-6-10-19/h1,3-4,7-8,15,17,19,27H,2,5-6,9-14,16H2,(H2,28,31,32)(H,29,30,33). The molecule has 0 amide bonds. The van der Waals surface area contributed by atoms with E-state index in [2.05, 4.69) is 49.9 Å². The molecule has 1 aliphatic rings. The summed E-state index contributed by atoms with van der Waals surface area (Å²) < 4.78 is 0. The molecule has 0 atom stereocenters. The van der Waals surface area contributed by atoms with Crippen LogP contribution in [0.4, 0.5) is 5.95 Å². The second kappa shape index (κ2) is 10.2. The number of nitrogens with one attached hydrogen (secondary N) is 4. The van der Waals surface area contributed by atoms with Crippen LogP contribution in [-0.2, 0) is 12.8 Å². The topological polar surface area (TPSA) is 98.5 Å². The SMILES string of the molecule is O=c1[nH]cnc2c(CCNCC3CCCCC3)c3nc(NCCc4ccccc4)[nH]c3cc12. The molecule has 0 aliphatic heterocycles. The number of aromatic nitrogens is 4. The van der Waals surface area contributed by atoms with Crippen LogP contribution in [0.3, 0.4) is 0 Å². The van der Waals surface area contributed by atoms with Gasteiger partial charge in [-0.1, -0.05) is 49.6 Å². The van der Waals surface area contributed by atoms with Crippen molar-refractivity contribution in [1.29, 1.82) is 0 Å². The maximum Gasteiger partial charge on any atom is 0.258 e. The molecule has 172 valence electrons. The van der Waals surface area contributed by atoms with E-state index in [1.165, 1.54) is 44.0 Å². The molecule has 1 aliphatic carbocycles. The summed E-state index contributed by atoms with van der Waals surface area (Å²) in [5, 5.41) is 7.64. The van der Waals surface area contributed by atoms with Crippen LogP contribution in [-0.4, -0.2) is 39.6 Å². The largest absolute Gasteiger partial charge is 0.355 e. The van der Waals surface area contributed by atoms with Gasteiger partial charge in [-0.05, 0) is 56.3 Å². The Balaban J connectivity index is 1.34. The summed E-state index contributed by atoms with van der Waals surface area (Å²) in [5.41, 5.74) is 4.69. The molecule has 0 bridgehead atoms. The Bertz CT molecular complexity index is 1260. The Morgan fingerprint density at radius 3 is 2.70 bits per heavy atom. The molecular formula is C26H32N6O. The number of nitrogens with zero attached hydrogens (tertiary/aromatic N) is 2. The monoisotopic (exact) mass is 444 g/mol. The number of anilines is 1. The van der Waals surface area contributed by atoms with Crippen LogP contribution < -0.4 is 16.2 Å². The fraction of sp³-hybridized carbons (Fsp3) is 0.423. The van der Waals surface area contributed by atoms with E-state index >= 15 is 0 Å². The molecule has 0 saturated heterocycles. The van der Waals surface area contributed by atoms with Gasteiger partial charge >= 0.3 is 0 Å². The van der Waals surface area contributed by atoms with Crippen LogP contribution in [0.25, 0.3) is 21.9 Å². The van der Waals surface area contributed by atoms with Gasteiger partial charge < -0.3 is 20.6 Å². The third-order valence-corrected chi connectivity index (χ3v) is 6.74. The number of hydrogen-bond acceptors (Lipinski definition) is 5. The summed E-state index contributed by atoms with van der Waals surface area (Å²) in [7, 11) is 0. The Morgan fingerprint density at radius 2 is 1.85 bits per heavy atom. The summed E-state index contributed by atoms with van der Waals surface area (Å²) in [6.45, 7) is 2.69. The first-order valence-electron chi connectivity index (χ1n) is 12.2. The molecule has 1 fully saturated rings. The van der Waals surface area contributed by atoms with E-state index in [4.69, 9.17) is 4.98 Å². The highest BCUT2D eigenvalue weighted by Gasteiger charge is 2.16. The van der Waals surface area contributed by atoms with Gasteiger partial charge in [-0.2, -0.15) is 0 Å². The lowest BCUT2D eigenvalue weighted by atomic mass is 9.89. The average Bonchev–Trinajstić information content (AvgIpc) is 3.26. The van der Waals surface area contributed by atoms with Crippen molar-refractivity contribution in [3.63, 3.8) is 0 Å². The Kier molecular flexibility index (Phi) is 6.67. The maximum atomic E-state index is 12.5. The fourth-order valence-electron chi connectivity index (χ4n) is 4.96. The van der Waals surface area contributed by atoms with Crippen molar-refractivity contribution in [2.45, 2.75) is 44.9 Å². The van der Waals surface area contributed by atoms with E-state index in [9.17, 15) is 4.79 Å². The predicted molar refractivity (Wildman–Crippen MR) is 134 cm³/mol. The lowest BCUT2D eigenvalue weighted by Crippen LogP contribution is -2.26. The number of fused-ring (bicyclic) bond motifs is 2. The minimum atomic E-state index is -0.119. The third kappa shape index (κ3) is 5.09. The minimum absolute atomic E-state index is 0.119. The van der Waals surface area contributed by atoms with E-state index in [1.54, 1.807) is 0 Å². The molecule has 0 radical (unpaired) electrons. The molecule has 1 saturated carbocycles. The smallest absolute Gasteiger partial charge is 0.258 e. The summed E-state index contributed by atoms with van der Waals surface area (Å²) in [6.07, 6.45) is 9.95. The molecule has 0 unspecified atom stereocenters.